The lowest BCUT2D eigenvalue weighted by Gasteiger charge is -2.08. The molecule has 0 radical (unpaired) electrons. The van der Waals surface area contributed by atoms with Gasteiger partial charge < -0.3 is 5.32 Å². The van der Waals surface area contributed by atoms with Gasteiger partial charge in [0.2, 0.25) is 0 Å². The molecule has 0 spiro atoms. The van der Waals surface area contributed by atoms with Crippen molar-refractivity contribution in [1.82, 2.24) is 5.32 Å². The smallest absolute Gasteiger partial charge is 0.251 e. The molecule has 0 aliphatic rings. The van der Waals surface area contributed by atoms with Crippen LogP contribution in [0.15, 0.2) is 30.3 Å². The van der Waals surface area contributed by atoms with Gasteiger partial charge in [-0.25, -0.2) is 0 Å². The van der Waals surface area contributed by atoms with Gasteiger partial charge in [0.1, 0.15) is 0 Å². The predicted octanol–water partition coefficient (Wildman–Crippen LogP) is 2.43. The average Bonchev–Trinajstić information content (AvgIpc) is 2.26. The first-order chi connectivity index (χ1) is 6.74. The molecule has 1 aromatic carbocycles. The van der Waals surface area contributed by atoms with Gasteiger partial charge >= 0.3 is 0 Å². The van der Waals surface area contributed by atoms with E-state index >= 15 is 0 Å². The second-order valence-corrected chi connectivity index (χ2v) is 3.70. The zero-order chi connectivity index (χ0) is 10.4. The van der Waals surface area contributed by atoms with Crippen LogP contribution >= 0.6 is 11.6 Å². The minimum Gasteiger partial charge on any atom is -0.351 e. The van der Waals surface area contributed by atoms with Crippen molar-refractivity contribution in [3.05, 3.63) is 35.9 Å². The van der Waals surface area contributed by atoms with Gasteiger partial charge in [0.05, 0.1) is 5.38 Å². The number of carbonyl (C=O) groups is 1. The van der Waals surface area contributed by atoms with Gasteiger partial charge in [0.15, 0.2) is 0 Å². The summed E-state index contributed by atoms with van der Waals surface area (Å²) in [5, 5.41) is 2.80. The largest absolute Gasteiger partial charge is 0.351 e. The summed E-state index contributed by atoms with van der Waals surface area (Å²) in [4.78, 5) is 11.5. The van der Waals surface area contributed by atoms with Crippen molar-refractivity contribution in [3.63, 3.8) is 0 Å². The third kappa shape index (κ3) is 3.38. The number of hydrogen-bond donors (Lipinski definition) is 1. The normalized spacial score (nSPS) is 12.1. The molecule has 0 saturated carbocycles. The monoisotopic (exact) mass is 211 g/mol. The molecule has 0 aliphatic heterocycles. The molecule has 1 atom stereocenters. The van der Waals surface area contributed by atoms with Gasteiger partial charge in [-0.3, -0.25) is 4.79 Å². The molecule has 0 bridgehead atoms. The minimum absolute atomic E-state index is 0.0164. The molecule has 14 heavy (non-hydrogen) atoms. The van der Waals surface area contributed by atoms with E-state index in [0.717, 1.165) is 6.42 Å². The number of halogens is 1. The van der Waals surface area contributed by atoms with Crippen LogP contribution in [0, 0.1) is 0 Å². The molecular weight excluding hydrogens is 198 g/mol. The highest BCUT2D eigenvalue weighted by molar-refractivity contribution is 6.20. The van der Waals surface area contributed by atoms with Crippen LogP contribution in [0.25, 0.3) is 0 Å². The van der Waals surface area contributed by atoms with Crippen LogP contribution in [-0.4, -0.2) is 17.8 Å². The second kappa shape index (κ2) is 5.66. The fraction of sp³-hybridized carbons (Fsp3) is 0.364. The van der Waals surface area contributed by atoms with Gasteiger partial charge in [0, 0.05) is 12.1 Å². The number of hydrogen-bond acceptors (Lipinski definition) is 1. The second-order valence-electron chi connectivity index (χ2n) is 3.08. The van der Waals surface area contributed by atoms with Gasteiger partial charge in [0.25, 0.3) is 5.91 Å². The van der Waals surface area contributed by atoms with E-state index in [4.69, 9.17) is 11.6 Å². The van der Waals surface area contributed by atoms with E-state index < -0.39 is 0 Å². The van der Waals surface area contributed by atoms with Crippen LogP contribution in [0.4, 0.5) is 0 Å². The van der Waals surface area contributed by atoms with Gasteiger partial charge in [-0.05, 0) is 18.6 Å². The average molecular weight is 212 g/mol. The number of nitrogens with one attached hydrogen (secondary N) is 1. The fourth-order valence-corrected chi connectivity index (χ4v) is 1.12. The predicted molar refractivity (Wildman–Crippen MR) is 58.7 cm³/mol. The summed E-state index contributed by atoms with van der Waals surface area (Å²) < 4.78 is 0. The maximum absolute atomic E-state index is 11.5. The number of alkyl halides is 1. The molecular formula is C11H14ClNO. The minimum atomic E-state index is -0.0651. The van der Waals surface area contributed by atoms with E-state index in [-0.39, 0.29) is 11.3 Å². The third-order valence-electron chi connectivity index (χ3n) is 1.96. The number of carbonyl (C=O) groups excluding carboxylic acids is 1. The molecule has 1 N–H and O–H groups in total. The zero-order valence-corrected chi connectivity index (χ0v) is 8.92. The van der Waals surface area contributed by atoms with Gasteiger partial charge in [-0.15, -0.1) is 11.6 Å². The van der Waals surface area contributed by atoms with Gasteiger partial charge in [-0.2, -0.15) is 0 Å². The van der Waals surface area contributed by atoms with Crippen LogP contribution in [0.1, 0.15) is 23.7 Å². The van der Waals surface area contributed by atoms with Crippen LogP contribution in [0.2, 0.25) is 0 Å². The molecule has 3 heteroatoms. The lowest BCUT2D eigenvalue weighted by molar-refractivity contribution is 0.0953. The van der Waals surface area contributed by atoms with Gasteiger partial charge in [-0.1, -0.05) is 25.1 Å². The molecule has 76 valence electrons. The van der Waals surface area contributed by atoms with Crippen molar-refractivity contribution in [2.75, 3.05) is 6.54 Å². The summed E-state index contributed by atoms with van der Waals surface area (Å²) in [5.74, 6) is -0.0651. The van der Waals surface area contributed by atoms with E-state index in [9.17, 15) is 4.79 Å². The van der Waals surface area contributed by atoms with Crippen LogP contribution < -0.4 is 5.32 Å². The van der Waals surface area contributed by atoms with Crippen LogP contribution in [0.3, 0.4) is 0 Å². The Morgan fingerprint density at radius 2 is 2.07 bits per heavy atom. The molecule has 0 aliphatic carbocycles. The molecule has 0 aromatic heterocycles. The molecule has 2 nitrogen and oxygen atoms in total. The highest BCUT2D eigenvalue weighted by Crippen LogP contribution is 2.01. The first kappa shape index (κ1) is 11.1. The lowest BCUT2D eigenvalue weighted by atomic mass is 10.2. The maximum Gasteiger partial charge on any atom is 0.251 e. The first-order valence-corrected chi connectivity index (χ1v) is 5.15. The fourth-order valence-electron chi connectivity index (χ4n) is 1.04. The summed E-state index contributed by atoms with van der Waals surface area (Å²) in [6.07, 6.45) is 0.858. The lowest BCUT2D eigenvalue weighted by Crippen LogP contribution is -2.29. The summed E-state index contributed by atoms with van der Waals surface area (Å²) in [6.45, 7) is 2.51. The van der Waals surface area contributed by atoms with Crippen LogP contribution in [0.5, 0.6) is 0 Å². The van der Waals surface area contributed by atoms with E-state index in [0.29, 0.717) is 12.1 Å². The van der Waals surface area contributed by atoms with E-state index in [1.54, 1.807) is 12.1 Å². The number of amides is 1. The van der Waals surface area contributed by atoms with Crippen molar-refractivity contribution < 1.29 is 4.79 Å². The third-order valence-corrected chi connectivity index (χ3v) is 2.43. The van der Waals surface area contributed by atoms with E-state index in [1.165, 1.54) is 0 Å². The zero-order valence-electron chi connectivity index (χ0n) is 8.16. The SMILES string of the molecule is CCC(Cl)CNC(=O)c1ccccc1. The highest BCUT2D eigenvalue weighted by atomic mass is 35.5. The van der Waals surface area contributed by atoms with E-state index in [2.05, 4.69) is 5.32 Å². The van der Waals surface area contributed by atoms with Crippen molar-refractivity contribution >= 4 is 17.5 Å². The first-order valence-electron chi connectivity index (χ1n) is 4.71. The summed E-state index contributed by atoms with van der Waals surface area (Å²) in [7, 11) is 0. The Labute approximate surface area is 89.3 Å². The Hall–Kier alpha value is -1.02. The molecule has 0 saturated heterocycles. The summed E-state index contributed by atoms with van der Waals surface area (Å²) in [5.41, 5.74) is 0.674. The van der Waals surface area contributed by atoms with Crippen molar-refractivity contribution in [2.24, 2.45) is 0 Å². The molecule has 0 heterocycles. The number of benzene rings is 1. The van der Waals surface area contributed by atoms with Crippen molar-refractivity contribution in [3.8, 4) is 0 Å². The topological polar surface area (TPSA) is 29.1 Å². The molecule has 1 aromatic rings. The quantitative estimate of drug-likeness (QED) is 0.762. The van der Waals surface area contributed by atoms with E-state index in [1.807, 2.05) is 25.1 Å². The highest BCUT2D eigenvalue weighted by Gasteiger charge is 2.06. The standard InChI is InChI=1S/C11H14ClNO/c1-2-10(12)8-13-11(14)9-6-4-3-5-7-9/h3-7,10H,2,8H2,1H3,(H,13,14). The Morgan fingerprint density at radius 3 is 2.64 bits per heavy atom. The van der Waals surface area contributed by atoms with Crippen molar-refractivity contribution in [1.29, 1.82) is 0 Å². The molecule has 1 unspecified atom stereocenters. The molecule has 1 rings (SSSR count). The Bertz CT molecular complexity index is 287. The van der Waals surface area contributed by atoms with Crippen molar-refractivity contribution in [2.45, 2.75) is 18.7 Å². The molecule has 0 fully saturated rings. The van der Waals surface area contributed by atoms with Crippen LogP contribution in [-0.2, 0) is 0 Å². The number of rotatable bonds is 4. The maximum atomic E-state index is 11.5. The summed E-state index contributed by atoms with van der Waals surface area (Å²) >= 11 is 5.88. The Balaban J connectivity index is 2.44. The Kier molecular flexibility index (Phi) is 4.47. The Morgan fingerprint density at radius 1 is 1.43 bits per heavy atom. The molecule has 1 amide bonds. The summed E-state index contributed by atoms with van der Waals surface area (Å²) in [6, 6.07) is 9.13.